The SMILES string of the molecule is CCCN1CCC(CNC(=O)CC(C)C2CCNCC2)CC1. The first kappa shape index (κ1) is 17.7. The van der Waals surface area contributed by atoms with Crippen LogP contribution in [-0.2, 0) is 4.79 Å². The third kappa shape index (κ3) is 5.88. The minimum atomic E-state index is 0.266. The molecule has 0 spiro atoms. The van der Waals surface area contributed by atoms with Crippen LogP contribution < -0.4 is 10.6 Å². The van der Waals surface area contributed by atoms with Crippen LogP contribution in [0.25, 0.3) is 0 Å². The van der Waals surface area contributed by atoms with E-state index < -0.39 is 0 Å². The third-order valence-electron chi connectivity index (χ3n) is 5.53. The van der Waals surface area contributed by atoms with Gasteiger partial charge in [-0.2, -0.15) is 0 Å². The van der Waals surface area contributed by atoms with Gasteiger partial charge in [0.05, 0.1) is 0 Å². The summed E-state index contributed by atoms with van der Waals surface area (Å²) in [6, 6.07) is 0. The molecule has 2 heterocycles. The molecular weight excluding hydrogens is 274 g/mol. The van der Waals surface area contributed by atoms with Gasteiger partial charge in [-0.1, -0.05) is 13.8 Å². The Morgan fingerprint density at radius 3 is 2.55 bits per heavy atom. The van der Waals surface area contributed by atoms with E-state index in [0.29, 0.717) is 18.3 Å². The highest BCUT2D eigenvalue weighted by atomic mass is 16.1. The van der Waals surface area contributed by atoms with E-state index in [2.05, 4.69) is 29.4 Å². The van der Waals surface area contributed by atoms with Crippen molar-refractivity contribution in [3.63, 3.8) is 0 Å². The van der Waals surface area contributed by atoms with Crippen LogP contribution in [0.5, 0.6) is 0 Å². The highest BCUT2D eigenvalue weighted by Crippen LogP contribution is 2.24. The van der Waals surface area contributed by atoms with Crippen molar-refractivity contribution >= 4 is 5.91 Å². The van der Waals surface area contributed by atoms with E-state index in [1.54, 1.807) is 0 Å². The van der Waals surface area contributed by atoms with Crippen molar-refractivity contribution in [2.45, 2.75) is 52.4 Å². The maximum atomic E-state index is 12.2. The maximum Gasteiger partial charge on any atom is 0.220 e. The van der Waals surface area contributed by atoms with Crippen molar-refractivity contribution in [3.05, 3.63) is 0 Å². The second-order valence-electron chi connectivity index (χ2n) is 7.36. The summed E-state index contributed by atoms with van der Waals surface area (Å²) in [6.07, 6.45) is 6.89. The molecule has 2 aliphatic rings. The minimum absolute atomic E-state index is 0.266. The summed E-state index contributed by atoms with van der Waals surface area (Å²) in [4.78, 5) is 14.7. The van der Waals surface area contributed by atoms with Gasteiger partial charge in [0.25, 0.3) is 0 Å². The predicted octanol–water partition coefficient (Wildman–Crippen LogP) is 2.25. The molecule has 2 fully saturated rings. The molecule has 4 heteroatoms. The van der Waals surface area contributed by atoms with Crippen molar-refractivity contribution < 1.29 is 4.79 Å². The van der Waals surface area contributed by atoms with Crippen LogP contribution in [0.4, 0.5) is 0 Å². The van der Waals surface area contributed by atoms with Crippen LogP contribution >= 0.6 is 0 Å². The molecule has 2 rings (SSSR count). The molecular formula is C18H35N3O. The Morgan fingerprint density at radius 2 is 1.91 bits per heavy atom. The topological polar surface area (TPSA) is 44.4 Å². The molecule has 4 nitrogen and oxygen atoms in total. The molecule has 2 N–H and O–H groups in total. The molecule has 22 heavy (non-hydrogen) atoms. The van der Waals surface area contributed by atoms with E-state index in [9.17, 15) is 4.79 Å². The van der Waals surface area contributed by atoms with Gasteiger partial charge in [-0.05, 0) is 82.6 Å². The maximum absolute atomic E-state index is 12.2. The van der Waals surface area contributed by atoms with Gasteiger partial charge >= 0.3 is 0 Å². The number of hydrogen-bond acceptors (Lipinski definition) is 3. The van der Waals surface area contributed by atoms with E-state index in [1.165, 1.54) is 51.7 Å². The second-order valence-corrected chi connectivity index (χ2v) is 7.36. The number of likely N-dealkylation sites (tertiary alicyclic amines) is 1. The fraction of sp³-hybridized carbons (Fsp3) is 0.944. The number of nitrogens with zero attached hydrogens (tertiary/aromatic N) is 1. The number of carbonyl (C=O) groups excluding carboxylic acids is 1. The Labute approximate surface area is 136 Å². The zero-order chi connectivity index (χ0) is 15.8. The Balaban J connectivity index is 1.59. The quantitative estimate of drug-likeness (QED) is 0.758. The zero-order valence-electron chi connectivity index (χ0n) is 14.6. The molecule has 0 aromatic heterocycles. The highest BCUT2D eigenvalue weighted by Gasteiger charge is 2.23. The second kappa shape index (κ2) is 9.51. The first-order valence-corrected chi connectivity index (χ1v) is 9.38. The molecule has 0 radical (unpaired) electrons. The average Bonchev–Trinajstić information content (AvgIpc) is 2.55. The summed E-state index contributed by atoms with van der Waals surface area (Å²) in [5.41, 5.74) is 0. The van der Waals surface area contributed by atoms with Crippen LogP contribution in [-0.4, -0.2) is 50.1 Å². The first-order chi connectivity index (χ1) is 10.7. The van der Waals surface area contributed by atoms with E-state index in [4.69, 9.17) is 0 Å². The van der Waals surface area contributed by atoms with Crippen molar-refractivity contribution in [3.8, 4) is 0 Å². The van der Waals surface area contributed by atoms with E-state index in [1.807, 2.05) is 0 Å². The van der Waals surface area contributed by atoms with Gasteiger partial charge in [-0.15, -0.1) is 0 Å². The van der Waals surface area contributed by atoms with Crippen molar-refractivity contribution in [1.82, 2.24) is 15.5 Å². The van der Waals surface area contributed by atoms with Gasteiger partial charge in [0.2, 0.25) is 5.91 Å². The number of carbonyl (C=O) groups is 1. The fourth-order valence-electron chi connectivity index (χ4n) is 3.93. The zero-order valence-corrected chi connectivity index (χ0v) is 14.6. The lowest BCUT2D eigenvalue weighted by atomic mass is 9.84. The molecule has 2 aliphatic heterocycles. The minimum Gasteiger partial charge on any atom is -0.356 e. The van der Waals surface area contributed by atoms with Crippen molar-refractivity contribution in [1.29, 1.82) is 0 Å². The summed E-state index contributed by atoms with van der Waals surface area (Å²) >= 11 is 0. The monoisotopic (exact) mass is 309 g/mol. The lowest BCUT2D eigenvalue weighted by Crippen LogP contribution is -2.39. The number of nitrogens with one attached hydrogen (secondary N) is 2. The molecule has 0 bridgehead atoms. The molecule has 0 aromatic carbocycles. The molecule has 0 aromatic rings. The van der Waals surface area contributed by atoms with Crippen LogP contribution in [0.1, 0.15) is 52.4 Å². The van der Waals surface area contributed by atoms with Crippen LogP contribution in [0.2, 0.25) is 0 Å². The molecule has 128 valence electrons. The molecule has 0 saturated carbocycles. The third-order valence-corrected chi connectivity index (χ3v) is 5.53. The van der Waals surface area contributed by atoms with Crippen LogP contribution in [0.3, 0.4) is 0 Å². The van der Waals surface area contributed by atoms with Gasteiger partial charge < -0.3 is 15.5 Å². The van der Waals surface area contributed by atoms with E-state index >= 15 is 0 Å². The Kier molecular flexibility index (Phi) is 7.67. The van der Waals surface area contributed by atoms with Crippen molar-refractivity contribution in [2.75, 3.05) is 39.3 Å². The molecule has 1 unspecified atom stereocenters. The van der Waals surface area contributed by atoms with Gasteiger partial charge in [0.15, 0.2) is 0 Å². The fourth-order valence-corrected chi connectivity index (χ4v) is 3.93. The molecule has 2 saturated heterocycles. The predicted molar refractivity (Wildman–Crippen MR) is 91.8 cm³/mol. The smallest absolute Gasteiger partial charge is 0.220 e. The van der Waals surface area contributed by atoms with Gasteiger partial charge in [0.1, 0.15) is 0 Å². The summed E-state index contributed by atoms with van der Waals surface area (Å²) in [5.74, 6) is 2.20. The lowest BCUT2D eigenvalue weighted by molar-refractivity contribution is -0.122. The number of piperidine rings is 2. The van der Waals surface area contributed by atoms with Gasteiger partial charge in [-0.3, -0.25) is 4.79 Å². The van der Waals surface area contributed by atoms with Gasteiger partial charge in [-0.25, -0.2) is 0 Å². The van der Waals surface area contributed by atoms with Gasteiger partial charge in [0, 0.05) is 13.0 Å². The molecule has 1 amide bonds. The number of hydrogen-bond donors (Lipinski definition) is 2. The van der Waals surface area contributed by atoms with E-state index in [0.717, 1.165) is 25.6 Å². The highest BCUT2D eigenvalue weighted by molar-refractivity contribution is 5.76. The summed E-state index contributed by atoms with van der Waals surface area (Å²) in [7, 11) is 0. The molecule has 0 aliphatic carbocycles. The summed E-state index contributed by atoms with van der Waals surface area (Å²) in [5, 5.41) is 6.60. The number of rotatable bonds is 7. The van der Waals surface area contributed by atoms with Crippen LogP contribution in [0.15, 0.2) is 0 Å². The molecule has 1 atom stereocenters. The normalized spacial score (nSPS) is 23.4. The van der Waals surface area contributed by atoms with Crippen molar-refractivity contribution in [2.24, 2.45) is 17.8 Å². The average molecular weight is 309 g/mol. The lowest BCUT2D eigenvalue weighted by Gasteiger charge is -2.32. The Hall–Kier alpha value is -0.610. The van der Waals surface area contributed by atoms with Crippen LogP contribution in [0, 0.1) is 17.8 Å². The standard InChI is InChI=1S/C18H35N3O/c1-3-10-21-11-6-16(7-12-21)14-20-18(22)13-15(2)17-4-8-19-9-5-17/h15-17,19H,3-14H2,1-2H3,(H,20,22). The summed E-state index contributed by atoms with van der Waals surface area (Å²) in [6.45, 7) is 11.3. The summed E-state index contributed by atoms with van der Waals surface area (Å²) < 4.78 is 0. The Bertz CT molecular complexity index is 320. The number of amides is 1. The largest absolute Gasteiger partial charge is 0.356 e. The Morgan fingerprint density at radius 1 is 1.23 bits per heavy atom. The van der Waals surface area contributed by atoms with E-state index in [-0.39, 0.29) is 5.91 Å². The first-order valence-electron chi connectivity index (χ1n) is 9.38.